The van der Waals surface area contributed by atoms with E-state index in [4.69, 9.17) is 5.73 Å². The molecule has 1 aromatic carbocycles. The Morgan fingerprint density at radius 1 is 1.53 bits per heavy atom. The van der Waals surface area contributed by atoms with Gasteiger partial charge in [-0.3, -0.25) is 4.79 Å². The average molecular weight is 261 g/mol. The summed E-state index contributed by atoms with van der Waals surface area (Å²) in [7, 11) is 1.70. The molecule has 1 heterocycles. The Morgan fingerprint density at radius 2 is 2.26 bits per heavy atom. The normalized spacial score (nSPS) is 22.6. The molecule has 1 aromatic rings. The van der Waals surface area contributed by atoms with Crippen LogP contribution in [0.4, 0.5) is 5.69 Å². The lowest BCUT2D eigenvalue weighted by molar-refractivity contribution is -0.128. The first-order chi connectivity index (χ1) is 9.00. The number of carbonyl (C=O) groups excluding carboxylic acids is 1. The molecule has 104 valence electrons. The maximum atomic E-state index is 12.0. The van der Waals surface area contributed by atoms with Gasteiger partial charge in [0.15, 0.2) is 0 Å². The molecule has 1 fully saturated rings. The van der Waals surface area contributed by atoms with Crippen molar-refractivity contribution < 1.29 is 4.79 Å². The number of carbonyl (C=O) groups is 1. The van der Waals surface area contributed by atoms with Crippen molar-refractivity contribution in [3.05, 3.63) is 29.3 Å². The molecule has 0 bridgehead atoms. The molecule has 1 amide bonds. The Balaban J connectivity index is 2.26. The molecule has 0 radical (unpaired) electrons. The van der Waals surface area contributed by atoms with Gasteiger partial charge < -0.3 is 16.0 Å². The van der Waals surface area contributed by atoms with Crippen LogP contribution in [0.2, 0.25) is 0 Å². The fraction of sp³-hybridized carbons (Fsp3) is 0.533. The minimum absolute atomic E-state index is 0.122. The zero-order valence-electron chi connectivity index (χ0n) is 12.0. The molecule has 2 rings (SSSR count). The van der Waals surface area contributed by atoms with E-state index in [1.54, 1.807) is 7.05 Å². The molecule has 1 atom stereocenters. The summed E-state index contributed by atoms with van der Waals surface area (Å²) in [5.41, 5.74) is 9.06. The monoisotopic (exact) mass is 261 g/mol. The molecule has 1 aliphatic heterocycles. The Bertz CT molecular complexity index is 486. The summed E-state index contributed by atoms with van der Waals surface area (Å²) in [5, 5.41) is 2.77. The fourth-order valence-electron chi connectivity index (χ4n) is 2.79. The number of rotatable bonds is 3. The van der Waals surface area contributed by atoms with E-state index in [0.29, 0.717) is 6.54 Å². The summed E-state index contributed by atoms with van der Waals surface area (Å²) in [5.74, 6) is 0.122. The van der Waals surface area contributed by atoms with Crippen LogP contribution >= 0.6 is 0 Å². The highest BCUT2D eigenvalue weighted by atomic mass is 16.2. The number of anilines is 1. The van der Waals surface area contributed by atoms with E-state index in [2.05, 4.69) is 35.3 Å². The van der Waals surface area contributed by atoms with Crippen LogP contribution in [0, 0.1) is 12.3 Å². The first-order valence-electron chi connectivity index (χ1n) is 6.77. The third kappa shape index (κ3) is 2.59. The summed E-state index contributed by atoms with van der Waals surface area (Å²) in [6, 6.07) is 6.33. The van der Waals surface area contributed by atoms with Gasteiger partial charge in [0.05, 0.1) is 5.41 Å². The molecule has 4 heteroatoms. The Morgan fingerprint density at radius 3 is 2.89 bits per heavy atom. The maximum absolute atomic E-state index is 12.0. The van der Waals surface area contributed by atoms with Gasteiger partial charge in [-0.2, -0.15) is 0 Å². The number of benzene rings is 1. The Kier molecular flexibility index (Phi) is 3.80. The summed E-state index contributed by atoms with van der Waals surface area (Å²) in [6.45, 7) is 6.30. The molecule has 1 aliphatic rings. The van der Waals surface area contributed by atoms with Crippen LogP contribution in [0.1, 0.15) is 24.5 Å². The average Bonchev–Trinajstić information content (AvgIpc) is 2.81. The van der Waals surface area contributed by atoms with Crippen LogP contribution in [0.25, 0.3) is 0 Å². The molecule has 1 unspecified atom stereocenters. The second kappa shape index (κ2) is 5.21. The lowest BCUT2D eigenvalue weighted by Crippen LogP contribution is -2.39. The molecule has 1 saturated heterocycles. The van der Waals surface area contributed by atoms with Crippen LogP contribution < -0.4 is 16.0 Å². The van der Waals surface area contributed by atoms with E-state index in [9.17, 15) is 4.79 Å². The fourth-order valence-corrected chi connectivity index (χ4v) is 2.79. The number of nitrogens with zero attached hydrogens (tertiary/aromatic N) is 1. The highest BCUT2D eigenvalue weighted by molar-refractivity contribution is 5.83. The summed E-state index contributed by atoms with van der Waals surface area (Å²) >= 11 is 0. The van der Waals surface area contributed by atoms with Crippen LogP contribution in [-0.4, -0.2) is 26.0 Å². The molecule has 0 saturated carbocycles. The number of hydrogen-bond donors (Lipinski definition) is 2. The molecular weight excluding hydrogens is 238 g/mol. The Hall–Kier alpha value is -1.55. The minimum atomic E-state index is -0.301. The van der Waals surface area contributed by atoms with Gasteiger partial charge in [-0.15, -0.1) is 0 Å². The molecule has 4 nitrogen and oxygen atoms in total. The van der Waals surface area contributed by atoms with Crippen molar-refractivity contribution in [2.24, 2.45) is 11.1 Å². The van der Waals surface area contributed by atoms with Gasteiger partial charge in [0.2, 0.25) is 5.91 Å². The molecule has 19 heavy (non-hydrogen) atoms. The van der Waals surface area contributed by atoms with Crippen molar-refractivity contribution in [1.82, 2.24) is 5.32 Å². The highest BCUT2D eigenvalue weighted by Gasteiger charge is 2.40. The van der Waals surface area contributed by atoms with Gasteiger partial charge in [-0.05, 0) is 37.5 Å². The topological polar surface area (TPSA) is 58.4 Å². The number of aryl methyl sites for hydroxylation is 1. The van der Waals surface area contributed by atoms with Crippen LogP contribution in [0.5, 0.6) is 0 Å². The van der Waals surface area contributed by atoms with E-state index >= 15 is 0 Å². The number of nitrogens with two attached hydrogens (primary N) is 1. The number of nitrogens with one attached hydrogen (secondary N) is 1. The van der Waals surface area contributed by atoms with E-state index in [-0.39, 0.29) is 11.3 Å². The molecular formula is C15H23N3O. The van der Waals surface area contributed by atoms with Gasteiger partial charge in [0, 0.05) is 32.4 Å². The third-order valence-electron chi connectivity index (χ3n) is 4.05. The maximum Gasteiger partial charge on any atom is 0.227 e. The van der Waals surface area contributed by atoms with E-state index in [1.807, 2.05) is 6.92 Å². The SMILES string of the molecule is CNC(=O)C1(C)CCN(c2cc(C)ccc2CN)C1. The standard InChI is InChI=1S/C15H23N3O/c1-11-4-5-12(9-16)13(8-11)18-7-6-15(2,10-18)14(19)17-3/h4-5,8H,6-7,9-10,16H2,1-3H3,(H,17,19). The molecule has 0 aliphatic carbocycles. The minimum Gasteiger partial charge on any atom is -0.370 e. The third-order valence-corrected chi connectivity index (χ3v) is 4.05. The first-order valence-corrected chi connectivity index (χ1v) is 6.77. The predicted molar refractivity (Wildman–Crippen MR) is 78.1 cm³/mol. The molecule has 0 spiro atoms. The lowest BCUT2D eigenvalue weighted by atomic mass is 9.89. The van der Waals surface area contributed by atoms with Gasteiger partial charge in [-0.25, -0.2) is 0 Å². The lowest BCUT2D eigenvalue weighted by Gasteiger charge is -2.25. The van der Waals surface area contributed by atoms with Crippen molar-refractivity contribution >= 4 is 11.6 Å². The van der Waals surface area contributed by atoms with Crippen LogP contribution in [0.3, 0.4) is 0 Å². The quantitative estimate of drug-likeness (QED) is 0.865. The van der Waals surface area contributed by atoms with Crippen molar-refractivity contribution in [3.8, 4) is 0 Å². The van der Waals surface area contributed by atoms with Crippen LogP contribution in [-0.2, 0) is 11.3 Å². The van der Waals surface area contributed by atoms with Gasteiger partial charge in [0.25, 0.3) is 0 Å². The van der Waals surface area contributed by atoms with Gasteiger partial charge >= 0.3 is 0 Å². The largest absolute Gasteiger partial charge is 0.370 e. The number of amides is 1. The smallest absolute Gasteiger partial charge is 0.227 e. The van der Waals surface area contributed by atoms with E-state index in [0.717, 1.165) is 25.1 Å². The molecule has 0 aromatic heterocycles. The van der Waals surface area contributed by atoms with Crippen LogP contribution in [0.15, 0.2) is 18.2 Å². The molecule has 3 N–H and O–H groups in total. The zero-order valence-corrected chi connectivity index (χ0v) is 12.0. The van der Waals surface area contributed by atoms with Crippen molar-refractivity contribution in [1.29, 1.82) is 0 Å². The Labute approximate surface area is 115 Å². The highest BCUT2D eigenvalue weighted by Crippen LogP contribution is 2.35. The van der Waals surface area contributed by atoms with Crippen molar-refractivity contribution in [2.45, 2.75) is 26.8 Å². The second-order valence-corrected chi connectivity index (χ2v) is 5.65. The van der Waals surface area contributed by atoms with Gasteiger partial charge in [0.1, 0.15) is 0 Å². The van der Waals surface area contributed by atoms with Gasteiger partial charge in [-0.1, -0.05) is 12.1 Å². The summed E-state index contributed by atoms with van der Waals surface area (Å²) < 4.78 is 0. The zero-order chi connectivity index (χ0) is 14.0. The van der Waals surface area contributed by atoms with E-state index < -0.39 is 0 Å². The van der Waals surface area contributed by atoms with E-state index in [1.165, 1.54) is 11.3 Å². The first kappa shape index (κ1) is 13.9. The number of hydrogen-bond acceptors (Lipinski definition) is 3. The summed E-state index contributed by atoms with van der Waals surface area (Å²) in [4.78, 5) is 14.3. The predicted octanol–water partition coefficient (Wildman–Crippen LogP) is 1.42. The van der Waals surface area contributed by atoms with Crippen molar-refractivity contribution in [2.75, 3.05) is 25.0 Å². The second-order valence-electron chi connectivity index (χ2n) is 5.65. The van der Waals surface area contributed by atoms with Crippen molar-refractivity contribution in [3.63, 3.8) is 0 Å². The summed E-state index contributed by atoms with van der Waals surface area (Å²) in [6.07, 6.45) is 0.880.